The van der Waals surface area contributed by atoms with Crippen molar-refractivity contribution in [3.63, 3.8) is 0 Å². The molecule has 8 heteroatoms. The molecule has 0 radical (unpaired) electrons. The number of nitrogens with zero attached hydrogens (tertiary/aromatic N) is 2. The predicted octanol–water partition coefficient (Wildman–Crippen LogP) is 3.20. The molecule has 1 heterocycles. The number of halogens is 5. The summed E-state index contributed by atoms with van der Waals surface area (Å²) in [6.07, 6.45) is -4.81. The summed E-state index contributed by atoms with van der Waals surface area (Å²) in [5.41, 5.74) is 0.747. The number of hydrogen-bond acceptors (Lipinski definition) is 2. The van der Waals surface area contributed by atoms with Crippen molar-refractivity contribution in [1.82, 2.24) is 9.80 Å². The van der Waals surface area contributed by atoms with Crippen LogP contribution < -0.4 is 0 Å². The number of piperazine rings is 1. The number of carbonyl (C=O) groups excluding carboxylic acids is 1. The first kappa shape index (κ1) is 16.4. The number of hydrogen-bond donors (Lipinski definition) is 0. The van der Waals surface area contributed by atoms with Crippen molar-refractivity contribution in [3.05, 3.63) is 33.8 Å². The first-order chi connectivity index (χ1) is 9.79. The van der Waals surface area contributed by atoms with E-state index in [4.69, 9.17) is 23.2 Å². The van der Waals surface area contributed by atoms with Gasteiger partial charge < -0.3 is 4.90 Å². The van der Waals surface area contributed by atoms with Gasteiger partial charge in [-0.2, -0.15) is 13.2 Å². The van der Waals surface area contributed by atoms with Crippen molar-refractivity contribution in [3.8, 4) is 0 Å². The molecule has 0 aliphatic carbocycles. The quantitative estimate of drug-likeness (QED) is 0.825. The van der Waals surface area contributed by atoms with Gasteiger partial charge in [-0.3, -0.25) is 9.69 Å². The molecule has 0 N–H and O–H groups in total. The summed E-state index contributed by atoms with van der Waals surface area (Å²) in [5.74, 6) is -1.78. The van der Waals surface area contributed by atoms with E-state index in [2.05, 4.69) is 0 Å². The van der Waals surface area contributed by atoms with Crippen LogP contribution in [0, 0.1) is 0 Å². The summed E-state index contributed by atoms with van der Waals surface area (Å²) < 4.78 is 37.0. The van der Waals surface area contributed by atoms with Crippen LogP contribution in [-0.4, -0.2) is 48.1 Å². The van der Waals surface area contributed by atoms with E-state index < -0.39 is 12.1 Å². The van der Waals surface area contributed by atoms with E-state index in [0.717, 1.165) is 10.5 Å². The summed E-state index contributed by atoms with van der Waals surface area (Å²) in [6, 6.07) is 5.16. The molecular formula is C13H13Cl2F3N2O. The smallest absolute Gasteiger partial charge is 0.332 e. The first-order valence-corrected chi connectivity index (χ1v) is 7.06. The van der Waals surface area contributed by atoms with Crippen molar-refractivity contribution >= 4 is 29.1 Å². The molecule has 0 atom stereocenters. The molecule has 1 aromatic rings. The lowest BCUT2D eigenvalue weighted by Crippen LogP contribution is -2.52. The largest absolute Gasteiger partial charge is 0.471 e. The molecule has 2 rings (SSSR count). The maximum absolute atomic E-state index is 12.3. The van der Waals surface area contributed by atoms with Gasteiger partial charge in [0, 0.05) is 48.3 Å². The molecule has 1 aliphatic rings. The van der Waals surface area contributed by atoms with E-state index in [1.807, 2.05) is 4.90 Å². The number of carbonyl (C=O) groups is 1. The van der Waals surface area contributed by atoms with Crippen LogP contribution in [0.2, 0.25) is 10.0 Å². The van der Waals surface area contributed by atoms with E-state index in [0.29, 0.717) is 29.7 Å². The van der Waals surface area contributed by atoms with Crippen molar-refractivity contribution in [1.29, 1.82) is 0 Å². The van der Waals surface area contributed by atoms with E-state index >= 15 is 0 Å². The van der Waals surface area contributed by atoms with E-state index in [1.54, 1.807) is 18.2 Å². The molecule has 0 saturated carbocycles. The Labute approximate surface area is 130 Å². The molecule has 1 saturated heterocycles. The van der Waals surface area contributed by atoms with Crippen LogP contribution in [0.5, 0.6) is 0 Å². The summed E-state index contributed by atoms with van der Waals surface area (Å²) in [4.78, 5) is 13.9. The molecule has 1 amide bonds. The Hall–Kier alpha value is -0.980. The van der Waals surface area contributed by atoms with Gasteiger partial charge in [0.05, 0.1) is 0 Å². The Morgan fingerprint density at radius 2 is 1.62 bits per heavy atom. The van der Waals surface area contributed by atoms with Crippen molar-refractivity contribution in [2.24, 2.45) is 0 Å². The highest BCUT2D eigenvalue weighted by atomic mass is 35.5. The first-order valence-electron chi connectivity index (χ1n) is 6.30. The van der Waals surface area contributed by atoms with Gasteiger partial charge in [0.1, 0.15) is 0 Å². The maximum Gasteiger partial charge on any atom is 0.471 e. The second-order valence-electron chi connectivity index (χ2n) is 4.77. The number of benzene rings is 1. The lowest BCUT2D eigenvalue weighted by Gasteiger charge is -2.35. The van der Waals surface area contributed by atoms with Crippen LogP contribution in [0.1, 0.15) is 5.56 Å². The summed E-state index contributed by atoms with van der Waals surface area (Å²) in [7, 11) is 0. The van der Waals surface area contributed by atoms with Crippen LogP contribution in [0.3, 0.4) is 0 Å². The minimum Gasteiger partial charge on any atom is -0.332 e. The van der Waals surface area contributed by atoms with Gasteiger partial charge in [-0.15, -0.1) is 0 Å². The van der Waals surface area contributed by atoms with Gasteiger partial charge in [0.25, 0.3) is 0 Å². The Balaban J connectivity index is 1.95. The highest BCUT2D eigenvalue weighted by Gasteiger charge is 2.43. The zero-order chi connectivity index (χ0) is 15.6. The van der Waals surface area contributed by atoms with E-state index in [1.165, 1.54) is 0 Å². The zero-order valence-corrected chi connectivity index (χ0v) is 12.5. The second kappa shape index (κ2) is 6.42. The van der Waals surface area contributed by atoms with Gasteiger partial charge in [0.15, 0.2) is 0 Å². The molecule has 116 valence electrons. The average molecular weight is 341 g/mol. The third-order valence-corrected chi connectivity index (χ3v) is 4.05. The fourth-order valence-corrected chi connectivity index (χ4v) is 2.71. The topological polar surface area (TPSA) is 23.6 Å². The molecule has 1 aliphatic heterocycles. The molecule has 1 fully saturated rings. The third kappa shape index (κ3) is 4.02. The molecule has 1 aromatic carbocycles. The summed E-state index contributed by atoms with van der Waals surface area (Å²) in [6.45, 7) is 1.24. The number of alkyl halides is 3. The minimum absolute atomic E-state index is 0.0421. The zero-order valence-electron chi connectivity index (χ0n) is 11.0. The Kier molecular flexibility index (Phi) is 5.01. The highest BCUT2D eigenvalue weighted by molar-refractivity contribution is 6.35. The third-order valence-electron chi connectivity index (χ3n) is 3.35. The van der Waals surface area contributed by atoms with Crippen molar-refractivity contribution < 1.29 is 18.0 Å². The van der Waals surface area contributed by atoms with Crippen LogP contribution in [0.25, 0.3) is 0 Å². The van der Waals surface area contributed by atoms with Gasteiger partial charge in [-0.05, 0) is 12.1 Å². The second-order valence-corrected chi connectivity index (χ2v) is 5.58. The van der Waals surface area contributed by atoms with E-state index in [9.17, 15) is 18.0 Å². The Morgan fingerprint density at radius 1 is 1.10 bits per heavy atom. The Bertz CT molecular complexity index is 508. The Morgan fingerprint density at radius 3 is 2.10 bits per heavy atom. The monoisotopic (exact) mass is 340 g/mol. The standard InChI is InChI=1S/C13H13Cl2F3N2O/c14-10-2-1-3-11(15)9(10)8-19-4-6-20(7-5-19)12(21)13(16,17)18/h1-3H,4-8H2. The molecule has 3 nitrogen and oxygen atoms in total. The van der Waals surface area contributed by atoms with Crippen molar-refractivity contribution in [2.75, 3.05) is 26.2 Å². The van der Waals surface area contributed by atoms with Crippen LogP contribution >= 0.6 is 23.2 Å². The SMILES string of the molecule is O=C(N1CCN(Cc2c(Cl)cccc2Cl)CC1)C(F)(F)F. The lowest BCUT2D eigenvalue weighted by atomic mass is 10.2. The highest BCUT2D eigenvalue weighted by Crippen LogP contribution is 2.26. The van der Waals surface area contributed by atoms with Crippen molar-refractivity contribution in [2.45, 2.75) is 12.7 Å². The lowest BCUT2D eigenvalue weighted by molar-refractivity contribution is -0.187. The molecule has 0 bridgehead atoms. The number of amides is 1. The van der Waals surface area contributed by atoms with Gasteiger partial charge in [-0.1, -0.05) is 29.3 Å². The predicted molar refractivity (Wildman–Crippen MR) is 74.4 cm³/mol. The number of rotatable bonds is 2. The van der Waals surface area contributed by atoms with E-state index in [-0.39, 0.29) is 13.1 Å². The fraction of sp³-hybridized carbons (Fsp3) is 0.462. The molecule has 21 heavy (non-hydrogen) atoms. The fourth-order valence-electron chi connectivity index (χ4n) is 2.20. The molecule has 0 aromatic heterocycles. The molecular weight excluding hydrogens is 328 g/mol. The van der Waals surface area contributed by atoms with Crippen LogP contribution in [0.4, 0.5) is 13.2 Å². The normalized spacial score (nSPS) is 17.1. The summed E-state index contributed by atoms with van der Waals surface area (Å²) >= 11 is 12.1. The van der Waals surface area contributed by atoms with Gasteiger partial charge >= 0.3 is 12.1 Å². The average Bonchev–Trinajstić information content (AvgIpc) is 2.42. The van der Waals surface area contributed by atoms with Gasteiger partial charge in [-0.25, -0.2) is 0 Å². The van der Waals surface area contributed by atoms with Gasteiger partial charge in [0.2, 0.25) is 0 Å². The maximum atomic E-state index is 12.3. The van der Waals surface area contributed by atoms with Crippen LogP contribution in [-0.2, 0) is 11.3 Å². The molecule has 0 unspecified atom stereocenters. The minimum atomic E-state index is -4.81. The molecule has 0 spiro atoms. The van der Waals surface area contributed by atoms with Crippen LogP contribution in [0.15, 0.2) is 18.2 Å². The summed E-state index contributed by atoms with van der Waals surface area (Å²) in [5, 5.41) is 1.05.